The molecule has 1 rings (SSSR count). The van der Waals surface area contributed by atoms with E-state index in [9.17, 15) is 0 Å². The van der Waals surface area contributed by atoms with Crippen LogP contribution < -0.4 is 5.32 Å². The minimum Gasteiger partial charge on any atom is -0.309 e. The SMILES string of the molecule is CCCc1nnsc1C(C=C(C)C)NC. The smallest absolute Gasteiger partial charge is 0.0806 e. The molecule has 0 aromatic carbocycles. The second kappa shape index (κ2) is 5.98. The van der Waals surface area contributed by atoms with Crippen LogP contribution >= 0.6 is 11.5 Å². The molecule has 0 radical (unpaired) electrons. The number of rotatable bonds is 5. The number of likely N-dealkylation sites (N-methyl/N-ethyl adjacent to an activating group) is 1. The maximum absolute atomic E-state index is 4.18. The number of hydrogen-bond donors (Lipinski definition) is 1. The molecule has 0 saturated carbocycles. The lowest BCUT2D eigenvalue weighted by Crippen LogP contribution is -2.14. The number of hydrogen-bond acceptors (Lipinski definition) is 4. The molecular weight excluding hydrogens is 206 g/mol. The standard InChI is InChI=1S/C11H19N3S/c1-5-6-9-11(15-14-13-9)10(12-4)7-8(2)3/h7,10,12H,5-6H2,1-4H3. The fraction of sp³-hybridized carbons (Fsp3) is 0.636. The number of allylic oxidation sites excluding steroid dienone is 1. The monoisotopic (exact) mass is 225 g/mol. The van der Waals surface area contributed by atoms with Crippen LogP contribution in [0.2, 0.25) is 0 Å². The maximum atomic E-state index is 4.18. The summed E-state index contributed by atoms with van der Waals surface area (Å²) in [6, 6.07) is 0.261. The van der Waals surface area contributed by atoms with Crippen LogP contribution in [-0.2, 0) is 6.42 Å². The Hall–Kier alpha value is -0.740. The summed E-state index contributed by atoms with van der Waals surface area (Å²) in [5.74, 6) is 0. The van der Waals surface area contributed by atoms with Gasteiger partial charge in [-0.2, -0.15) is 0 Å². The normalized spacial score (nSPS) is 12.5. The lowest BCUT2D eigenvalue weighted by molar-refractivity contribution is 0.705. The van der Waals surface area contributed by atoms with Crippen LogP contribution in [0.15, 0.2) is 11.6 Å². The fourth-order valence-corrected chi connectivity index (χ4v) is 2.26. The van der Waals surface area contributed by atoms with E-state index in [-0.39, 0.29) is 6.04 Å². The predicted molar refractivity (Wildman–Crippen MR) is 65.1 cm³/mol. The lowest BCUT2D eigenvalue weighted by Gasteiger charge is -2.11. The highest BCUT2D eigenvalue weighted by Gasteiger charge is 2.14. The molecule has 1 aromatic heterocycles. The first-order valence-electron chi connectivity index (χ1n) is 5.32. The van der Waals surface area contributed by atoms with E-state index in [0.29, 0.717) is 0 Å². The van der Waals surface area contributed by atoms with E-state index in [2.05, 4.69) is 41.8 Å². The Kier molecular flexibility index (Phi) is 4.91. The van der Waals surface area contributed by atoms with Crippen molar-refractivity contribution < 1.29 is 0 Å². The molecule has 1 aromatic rings. The molecular formula is C11H19N3S. The van der Waals surface area contributed by atoms with Crippen molar-refractivity contribution in [3.63, 3.8) is 0 Å². The highest BCUT2D eigenvalue weighted by molar-refractivity contribution is 7.05. The summed E-state index contributed by atoms with van der Waals surface area (Å²) >= 11 is 1.50. The molecule has 1 unspecified atom stereocenters. The zero-order valence-corrected chi connectivity index (χ0v) is 10.7. The van der Waals surface area contributed by atoms with Crippen LogP contribution in [0, 0.1) is 0 Å². The Bertz CT molecular complexity index is 326. The average Bonchev–Trinajstić information content (AvgIpc) is 2.63. The zero-order chi connectivity index (χ0) is 11.3. The van der Waals surface area contributed by atoms with Gasteiger partial charge in [0.25, 0.3) is 0 Å². The second-order valence-corrected chi connectivity index (χ2v) is 4.63. The van der Waals surface area contributed by atoms with Gasteiger partial charge in [-0.05, 0) is 38.8 Å². The molecule has 4 heteroatoms. The summed E-state index contributed by atoms with van der Waals surface area (Å²) < 4.78 is 4.04. The van der Waals surface area contributed by atoms with E-state index < -0.39 is 0 Å². The van der Waals surface area contributed by atoms with Crippen molar-refractivity contribution in [3.05, 3.63) is 22.2 Å². The Morgan fingerprint density at radius 2 is 2.27 bits per heavy atom. The maximum Gasteiger partial charge on any atom is 0.0806 e. The largest absolute Gasteiger partial charge is 0.309 e. The van der Waals surface area contributed by atoms with Gasteiger partial charge < -0.3 is 5.32 Å². The quantitative estimate of drug-likeness (QED) is 0.783. The molecule has 15 heavy (non-hydrogen) atoms. The summed E-state index contributed by atoms with van der Waals surface area (Å²) in [5, 5.41) is 7.47. The lowest BCUT2D eigenvalue weighted by atomic mass is 10.1. The van der Waals surface area contributed by atoms with Crippen molar-refractivity contribution in [1.82, 2.24) is 14.9 Å². The van der Waals surface area contributed by atoms with Crippen LogP contribution in [0.25, 0.3) is 0 Å². The predicted octanol–water partition coefficient (Wildman–Crippen LogP) is 2.72. The zero-order valence-electron chi connectivity index (χ0n) is 9.87. The van der Waals surface area contributed by atoms with Gasteiger partial charge in [0.05, 0.1) is 16.6 Å². The van der Waals surface area contributed by atoms with Crippen LogP contribution in [0.5, 0.6) is 0 Å². The van der Waals surface area contributed by atoms with Crippen molar-refractivity contribution in [2.75, 3.05) is 7.05 Å². The van der Waals surface area contributed by atoms with Gasteiger partial charge in [0.2, 0.25) is 0 Å². The summed E-state index contributed by atoms with van der Waals surface area (Å²) in [6.07, 6.45) is 4.35. The van der Waals surface area contributed by atoms with E-state index in [1.165, 1.54) is 22.0 Å². The first kappa shape index (κ1) is 12.3. The van der Waals surface area contributed by atoms with Crippen molar-refractivity contribution in [2.45, 2.75) is 39.7 Å². The average molecular weight is 225 g/mol. The van der Waals surface area contributed by atoms with Crippen LogP contribution in [-0.4, -0.2) is 16.6 Å². The van der Waals surface area contributed by atoms with Gasteiger partial charge in [0.1, 0.15) is 0 Å². The van der Waals surface area contributed by atoms with Gasteiger partial charge in [0, 0.05) is 0 Å². The topological polar surface area (TPSA) is 37.8 Å². The molecule has 1 N–H and O–H groups in total. The van der Waals surface area contributed by atoms with Gasteiger partial charge >= 0.3 is 0 Å². The number of nitrogens with one attached hydrogen (secondary N) is 1. The molecule has 0 spiro atoms. The van der Waals surface area contributed by atoms with Gasteiger partial charge in [-0.15, -0.1) is 5.10 Å². The first-order chi connectivity index (χ1) is 7.19. The minimum absolute atomic E-state index is 0.261. The van der Waals surface area contributed by atoms with E-state index in [4.69, 9.17) is 0 Å². The Balaban J connectivity index is 2.91. The highest BCUT2D eigenvalue weighted by Crippen LogP contribution is 2.23. The van der Waals surface area contributed by atoms with Gasteiger partial charge in [-0.1, -0.05) is 29.5 Å². The third-order valence-corrected chi connectivity index (χ3v) is 3.01. The number of nitrogens with zero attached hydrogens (tertiary/aromatic N) is 2. The van der Waals surface area contributed by atoms with Crippen molar-refractivity contribution in [1.29, 1.82) is 0 Å². The Labute approximate surface area is 95.8 Å². The third kappa shape index (κ3) is 3.39. The summed E-state index contributed by atoms with van der Waals surface area (Å²) in [6.45, 7) is 6.38. The molecule has 0 aliphatic heterocycles. The van der Waals surface area contributed by atoms with Crippen LogP contribution in [0.4, 0.5) is 0 Å². The third-order valence-electron chi connectivity index (χ3n) is 2.17. The van der Waals surface area contributed by atoms with Crippen molar-refractivity contribution >= 4 is 11.5 Å². The molecule has 0 saturated heterocycles. The number of aromatic nitrogens is 2. The molecule has 0 aliphatic carbocycles. The molecule has 1 heterocycles. The summed E-state index contributed by atoms with van der Waals surface area (Å²) in [5.41, 5.74) is 2.45. The summed E-state index contributed by atoms with van der Waals surface area (Å²) in [7, 11) is 1.97. The molecule has 0 bridgehead atoms. The van der Waals surface area contributed by atoms with Crippen LogP contribution in [0.1, 0.15) is 43.8 Å². The van der Waals surface area contributed by atoms with E-state index in [0.717, 1.165) is 18.5 Å². The van der Waals surface area contributed by atoms with E-state index in [1.807, 2.05) is 7.05 Å². The Morgan fingerprint density at radius 1 is 1.53 bits per heavy atom. The van der Waals surface area contributed by atoms with Crippen LogP contribution in [0.3, 0.4) is 0 Å². The number of aryl methyl sites for hydroxylation is 1. The Morgan fingerprint density at radius 3 is 2.80 bits per heavy atom. The minimum atomic E-state index is 0.261. The first-order valence-corrected chi connectivity index (χ1v) is 6.09. The molecule has 1 atom stereocenters. The van der Waals surface area contributed by atoms with Gasteiger partial charge in [-0.3, -0.25) is 0 Å². The molecule has 3 nitrogen and oxygen atoms in total. The molecule has 0 fully saturated rings. The molecule has 0 aliphatic rings. The second-order valence-electron chi connectivity index (χ2n) is 3.84. The van der Waals surface area contributed by atoms with Gasteiger partial charge in [-0.25, -0.2) is 0 Å². The molecule has 0 amide bonds. The van der Waals surface area contributed by atoms with E-state index in [1.54, 1.807) is 0 Å². The van der Waals surface area contributed by atoms with E-state index >= 15 is 0 Å². The summed E-state index contributed by atoms with van der Waals surface area (Å²) in [4.78, 5) is 1.25. The van der Waals surface area contributed by atoms with Gasteiger partial charge in [0.15, 0.2) is 0 Å². The fourth-order valence-electron chi connectivity index (χ4n) is 1.49. The van der Waals surface area contributed by atoms with Crippen molar-refractivity contribution in [3.8, 4) is 0 Å². The highest BCUT2D eigenvalue weighted by atomic mass is 32.1. The van der Waals surface area contributed by atoms with Crippen molar-refractivity contribution in [2.24, 2.45) is 0 Å². The molecule has 84 valence electrons.